The van der Waals surface area contributed by atoms with Gasteiger partial charge in [0.1, 0.15) is 0 Å². The fourth-order valence-corrected chi connectivity index (χ4v) is 2.56. The molecule has 0 aliphatic rings. The van der Waals surface area contributed by atoms with Gasteiger partial charge in [0.25, 0.3) is 5.56 Å². The van der Waals surface area contributed by atoms with E-state index in [4.69, 9.17) is 4.74 Å². The lowest BCUT2D eigenvalue weighted by Gasteiger charge is -2.04. The molecule has 2 N–H and O–H groups in total. The third-order valence-electron chi connectivity index (χ3n) is 4.06. The predicted molar refractivity (Wildman–Crippen MR) is 97.1 cm³/mol. The molecular formula is C16H18N6O4. The smallest absolute Gasteiger partial charge is 0.332 e. The van der Waals surface area contributed by atoms with Crippen molar-refractivity contribution in [2.24, 2.45) is 26.2 Å². The summed E-state index contributed by atoms with van der Waals surface area (Å²) in [5.74, 6) is 0.667. The van der Waals surface area contributed by atoms with Crippen molar-refractivity contribution in [3.05, 3.63) is 44.6 Å². The summed E-state index contributed by atoms with van der Waals surface area (Å²) in [5.41, 5.74) is 3.11. The summed E-state index contributed by atoms with van der Waals surface area (Å²) in [6.45, 7) is 0. The Morgan fingerprint density at radius 2 is 1.92 bits per heavy atom. The minimum atomic E-state index is -0.452. The van der Waals surface area contributed by atoms with Crippen molar-refractivity contribution in [2.75, 3.05) is 12.5 Å². The maximum atomic E-state index is 12.3. The topological polar surface area (TPSA) is 116 Å². The van der Waals surface area contributed by atoms with E-state index in [2.05, 4.69) is 15.5 Å². The summed E-state index contributed by atoms with van der Waals surface area (Å²) in [4.78, 5) is 28.6. The van der Waals surface area contributed by atoms with E-state index in [-0.39, 0.29) is 11.4 Å². The molecule has 0 saturated carbocycles. The van der Waals surface area contributed by atoms with Gasteiger partial charge >= 0.3 is 5.69 Å². The van der Waals surface area contributed by atoms with E-state index >= 15 is 0 Å². The first-order valence-electron chi connectivity index (χ1n) is 7.63. The van der Waals surface area contributed by atoms with Gasteiger partial charge in [-0.15, -0.1) is 0 Å². The second-order valence-electron chi connectivity index (χ2n) is 5.67. The Balaban J connectivity index is 1.96. The van der Waals surface area contributed by atoms with Gasteiger partial charge in [0.05, 0.1) is 13.3 Å². The molecule has 0 unspecified atom stereocenters. The Labute approximate surface area is 147 Å². The van der Waals surface area contributed by atoms with Crippen LogP contribution in [0.1, 0.15) is 5.56 Å². The molecule has 136 valence electrons. The quantitative estimate of drug-likeness (QED) is 0.506. The van der Waals surface area contributed by atoms with Crippen molar-refractivity contribution in [1.82, 2.24) is 18.7 Å². The summed E-state index contributed by atoms with van der Waals surface area (Å²) in [6, 6.07) is 4.78. The van der Waals surface area contributed by atoms with Crippen LogP contribution in [0.15, 0.2) is 32.9 Å². The largest absolute Gasteiger partial charge is 0.504 e. The molecule has 0 spiro atoms. The minimum absolute atomic E-state index is 0.0322. The highest BCUT2D eigenvalue weighted by atomic mass is 16.5. The third-order valence-corrected chi connectivity index (χ3v) is 4.06. The molecule has 2 aromatic heterocycles. The first-order chi connectivity index (χ1) is 12.3. The number of anilines is 1. The number of nitrogens with zero attached hydrogens (tertiary/aromatic N) is 5. The fourth-order valence-electron chi connectivity index (χ4n) is 2.56. The Morgan fingerprint density at radius 3 is 2.62 bits per heavy atom. The molecule has 0 fully saturated rings. The van der Waals surface area contributed by atoms with Crippen LogP contribution in [0.4, 0.5) is 5.95 Å². The Kier molecular flexibility index (Phi) is 4.24. The van der Waals surface area contributed by atoms with Gasteiger partial charge in [0.15, 0.2) is 22.7 Å². The second-order valence-corrected chi connectivity index (χ2v) is 5.67. The van der Waals surface area contributed by atoms with Crippen LogP contribution in [0.3, 0.4) is 0 Å². The van der Waals surface area contributed by atoms with Gasteiger partial charge in [0, 0.05) is 21.1 Å². The zero-order chi connectivity index (χ0) is 19.0. The number of hydrogen-bond acceptors (Lipinski definition) is 7. The molecule has 10 nitrogen and oxygen atoms in total. The number of methoxy groups -OCH3 is 1. The molecule has 0 bridgehead atoms. The molecule has 0 aliphatic carbocycles. The maximum Gasteiger partial charge on any atom is 0.332 e. The molecule has 0 aliphatic heterocycles. The summed E-state index contributed by atoms with van der Waals surface area (Å²) in [7, 11) is 6.08. The molecule has 2 heterocycles. The van der Waals surface area contributed by atoms with Crippen molar-refractivity contribution in [2.45, 2.75) is 0 Å². The second kappa shape index (κ2) is 6.39. The van der Waals surface area contributed by atoms with Crippen LogP contribution in [0, 0.1) is 0 Å². The molecule has 0 amide bonds. The van der Waals surface area contributed by atoms with Crippen LogP contribution in [0.5, 0.6) is 11.5 Å². The number of aromatic nitrogens is 4. The van der Waals surface area contributed by atoms with E-state index in [0.717, 1.165) is 4.57 Å². The highest BCUT2D eigenvalue weighted by Gasteiger charge is 2.16. The SMILES string of the molecule is COc1cc(C=NNc2nc3c(c(=O)n(C)c(=O)n3C)n2C)ccc1O. The van der Waals surface area contributed by atoms with E-state index in [1.807, 2.05) is 0 Å². The Bertz CT molecular complexity index is 1140. The van der Waals surface area contributed by atoms with Crippen LogP contribution in [-0.2, 0) is 21.1 Å². The van der Waals surface area contributed by atoms with Gasteiger partial charge < -0.3 is 14.4 Å². The first kappa shape index (κ1) is 17.3. The molecule has 1 aromatic carbocycles. The number of hydrazone groups is 1. The number of benzene rings is 1. The molecule has 0 radical (unpaired) electrons. The molecular weight excluding hydrogens is 340 g/mol. The van der Waals surface area contributed by atoms with Crippen molar-refractivity contribution in [1.29, 1.82) is 0 Å². The number of phenols is 1. The lowest BCUT2D eigenvalue weighted by Crippen LogP contribution is -2.37. The zero-order valence-corrected chi connectivity index (χ0v) is 14.7. The van der Waals surface area contributed by atoms with Crippen LogP contribution >= 0.6 is 0 Å². The average molecular weight is 358 g/mol. The van der Waals surface area contributed by atoms with E-state index in [9.17, 15) is 14.7 Å². The van der Waals surface area contributed by atoms with E-state index in [1.165, 1.54) is 35.6 Å². The van der Waals surface area contributed by atoms with Crippen LogP contribution in [0.25, 0.3) is 11.2 Å². The molecule has 3 rings (SSSR count). The summed E-state index contributed by atoms with van der Waals surface area (Å²) < 4.78 is 8.90. The zero-order valence-electron chi connectivity index (χ0n) is 14.7. The van der Waals surface area contributed by atoms with Gasteiger partial charge in [-0.25, -0.2) is 10.2 Å². The van der Waals surface area contributed by atoms with E-state index in [1.54, 1.807) is 26.2 Å². The first-order valence-corrected chi connectivity index (χ1v) is 7.63. The number of aromatic hydroxyl groups is 1. The number of nitrogens with one attached hydrogen (secondary N) is 1. The monoisotopic (exact) mass is 358 g/mol. The van der Waals surface area contributed by atoms with Crippen molar-refractivity contribution in [3.8, 4) is 11.5 Å². The number of phenolic OH excluding ortho intramolecular Hbond substituents is 1. The number of rotatable bonds is 4. The third kappa shape index (κ3) is 2.70. The Hall–Kier alpha value is -3.56. The molecule has 0 atom stereocenters. The number of aryl methyl sites for hydroxylation is 2. The molecule has 10 heteroatoms. The van der Waals surface area contributed by atoms with Crippen LogP contribution in [-0.4, -0.2) is 37.1 Å². The highest BCUT2D eigenvalue weighted by Crippen LogP contribution is 2.25. The molecule has 0 saturated heterocycles. The van der Waals surface area contributed by atoms with Gasteiger partial charge in [-0.05, 0) is 23.8 Å². The van der Waals surface area contributed by atoms with Crippen molar-refractivity contribution < 1.29 is 9.84 Å². The number of imidazole rings is 1. The summed E-state index contributed by atoms with van der Waals surface area (Å²) >= 11 is 0. The minimum Gasteiger partial charge on any atom is -0.504 e. The van der Waals surface area contributed by atoms with E-state index in [0.29, 0.717) is 22.8 Å². The molecule has 26 heavy (non-hydrogen) atoms. The van der Waals surface area contributed by atoms with Gasteiger partial charge in [-0.1, -0.05) is 0 Å². The number of hydrogen-bond donors (Lipinski definition) is 2. The summed E-state index contributed by atoms with van der Waals surface area (Å²) in [6.07, 6.45) is 1.51. The highest BCUT2D eigenvalue weighted by molar-refractivity contribution is 5.81. The lowest BCUT2D eigenvalue weighted by molar-refractivity contribution is 0.373. The Morgan fingerprint density at radius 1 is 1.19 bits per heavy atom. The van der Waals surface area contributed by atoms with Gasteiger partial charge in [0.2, 0.25) is 5.95 Å². The lowest BCUT2D eigenvalue weighted by atomic mass is 10.2. The van der Waals surface area contributed by atoms with Gasteiger partial charge in [-0.3, -0.25) is 13.9 Å². The van der Waals surface area contributed by atoms with Crippen molar-refractivity contribution >= 4 is 23.3 Å². The van der Waals surface area contributed by atoms with Crippen molar-refractivity contribution in [3.63, 3.8) is 0 Å². The average Bonchev–Trinajstić information content (AvgIpc) is 2.96. The number of ether oxygens (including phenoxy) is 1. The van der Waals surface area contributed by atoms with Crippen LogP contribution in [0.2, 0.25) is 0 Å². The predicted octanol–water partition coefficient (Wildman–Crippen LogP) is 0.131. The summed E-state index contributed by atoms with van der Waals surface area (Å²) in [5, 5.41) is 13.7. The normalized spacial score (nSPS) is 11.4. The fraction of sp³-hybridized carbons (Fsp3) is 0.250. The van der Waals surface area contributed by atoms with E-state index < -0.39 is 11.2 Å². The van der Waals surface area contributed by atoms with Gasteiger partial charge in [-0.2, -0.15) is 10.1 Å². The standard InChI is InChI=1S/C16H18N6O4/c1-20-12-13(21(2)16(25)22(3)14(12)24)18-15(20)19-17-8-9-5-6-10(23)11(7-9)26-4/h5-8,23H,1-4H3,(H,18,19). The van der Waals surface area contributed by atoms with Crippen LogP contribution < -0.4 is 21.4 Å². The molecule has 3 aromatic rings. The maximum absolute atomic E-state index is 12.3. The number of fused-ring (bicyclic) bond motifs is 1.